The molecule has 38 heavy (non-hydrogen) atoms. The van der Waals surface area contributed by atoms with Gasteiger partial charge in [-0.3, -0.25) is 19.6 Å². The maximum atomic E-state index is 11.4. The van der Waals surface area contributed by atoms with Crippen LogP contribution in [0.3, 0.4) is 0 Å². The van der Waals surface area contributed by atoms with Crippen molar-refractivity contribution in [1.82, 2.24) is 20.4 Å². The van der Waals surface area contributed by atoms with Crippen LogP contribution >= 0.6 is 0 Å². The molecule has 4 N–H and O–H groups in total. The van der Waals surface area contributed by atoms with Crippen molar-refractivity contribution in [3.8, 4) is 45.0 Å². The van der Waals surface area contributed by atoms with Gasteiger partial charge in [-0.15, -0.1) is 0 Å². The minimum absolute atomic E-state index is 0.489. The first-order valence-corrected chi connectivity index (χ1v) is 15.2. The van der Waals surface area contributed by atoms with Crippen LogP contribution in [0.4, 0.5) is 11.4 Å². The zero-order valence-corrected chi connectivity index (χ0v) is 22.1. The molecule has 0 aliphatic heterocycles. The number of hydrogen-bond acceptors (Lipinski definition) is 6. The van der Waals surface area contributed by atoms with Gasteiger partial charge in [0.05, 0.1) is 35.3 Å². The third-order valence-electron chi connectivity index (χ3n) is 5.61. The largest absolute Gasteiger partial charge is 0.284 e. The Bertz CT molecular complexity index is 1680. The van der Waals surface area contributed by atoms with Crippen LogP contribution in [-0.2, 0) is 20.0 Å². The predicted octanol–water partition coefficient (Wildman–Crippen LogP) is 4.54. The quantitative estimate of drug-likeness (QED) is 0.224. The lowest BCUT2D eigenvalue weighted by atomic mass is 10.0. The maximum absolute atomic E-state index is 11.4. The van der Waals surface area contributed by atoms with Crippen LogP contribution in [0.2, 0.25) is 0 Å². The van der Waals surface area contributed by atoms with E-state index in [0.717, 1.165) is 57.5 Å². The van der Waals surface area contributed by atoms with Crippen LogP contribution in [0, 0.1) is 0 Å². The molecular weight excluding hydrogens is 524 g/mol. The Morgan fingerprint density at radius 3 is 1.32 bits per heavy atom. The Balaban J connectivity index is 1.34. The Morgan fingerprint density at radius 1 is 0.553 bits per heavy atom. The molecule has 0 radical (unpaired) electrons. The smallest absolute Gasteiger partial charge is 0.229 e. The molecule has 5 aromatic rings. The van der Waals surface area contributed by atoms with Crippen LogP contribution < -0.4 is 9.44 Å². The lowest BCUT2D eigenvalue weighted by molar-refractivity contribution is 0.605. The van der Waals surface area contributed by atoms with Gasteiger partial charge in [0.25, 0.3) is 0 Å². The summed E-state index contributed by atoms with van der Waals surface area (Å²) in [6, 6.07) is 25.8. The molecule has 2 heterocycles. The molecule has 0 aliphatic rings. The minimum atomic E-state index is -3.34. The van der Waals surface area contributed by atoms with Crippen molar-refractivity contribution in [2.24, 2.45) is 0 Å². The fraction of sp³-hybridized carbons (Fsp3) is 0.0769. The number of hydrogen-bond donors (Lipinski definition) is 4. The third kappa shape index (κ3) is 6.10. The molecular formula is C26H24N6O4S2. The van der Waals surface area contributed by atoms with E-state index in [1.165, 1.54) is 0 Å². The number of H-pyrrole nitrogens is 2. The lowest BCUT2D eigenvalue weighted by Crippen LogP contribution is -2.09. The summed E-state index contributed by atoms with van der Waals surface area (Å²) in [7, 11) is -6.67. The van der Waals surface area contributed by atoms with Crippen LogP contribution in [0.1, 0.15) is 0 Å². The molecule has 12 heteroatoms. The van der Waals surface area contributed by atoms with E-state index in [2.05, 4.69) is 29.8 Å². The van der Waals surface area contributed by atoms with Crippen molar-refractivity contribution in [1.29, 1.82) is 0 Å². The summed E-state index contributed by atoms with van der Waals surface area (Å²) in [5, 5.41) is 15.0. The molecule has 194 valence electrons. The average Bonchev–Trinajstić information content (AvgIpc) is 3.54. The SMILES string of the molecule is CS(=O)(=O)Nc1ccc(-c2cc(-c3cccc(-c4cc(-c5ccc(NS(C)(=O)=O)cc5)[nH]n4)c3)n[nH]2)cc1. The highest BCUT2D eigenvalue weighted by Gasteiger charge is 2.11. The van der Waals surface area contributed by atoms with Gasteiger partial charge in [-0.2, -0.15) is 10.2 Å². The summed E-state index contributed by atoms with van der Waals surface area (Å²) in [6.45, 7) is 0. The topological polar surface area (TPSA) is 150 Å². The minimum Gasteiger partial charge on any atom is -0.284 e. The van der Waals surface area contributed by atoms with Gasteiger partial charge in [0.15, 0.2) is 0 Å². The first-order chi connectivity index (χ1) is 18.0. The molecule has 0 spiro atoms. The number of aromatic nitrogens is 4. The average molecular weight is 549 g/mol. The molecule has 2 aromatic heterocycles. The molecule has 0 fully saturated rings. The summed E-state index contributed by atoms with van der Waals surface area (Å²) < 4.78 is 50.6. The van der Waals surface area contributed by atoms with Crippen molar-refractivity contribution in [2.75, 3.05) is 22.0 Å². The number of aromatic amines is 2. The summed E-state index contributed by atoms with van der Waals surface area (Å²) in [4.78, 5) is 0. The molecule has 0 unspecified atom stereocenters. The Hall–Kier alpha value is -4.42. The molecule has 0 atom stereocenters. The lowest BCUT2D eigenvalue weighted by Gasteiger charge is -2.04. The molecule has 0 amide bonds. The highest BCUT2D eigenvalue weighted by molar-refractivity contribution is 7.92. The van der Waals surface area contributed by atoms with Crippen molar-refractivity contribution in [2.45, 2.75) is 0 Å². The van der Waals surface area contributed by atoms with E-state index >= 15 is 0 Å². The van der Waals surface area contributed by atoms with Gasteiger partial charge in [-0.1, -0.05) is 42.5 Å². The molecule has 5 rings (SSSR count). The van der Waals surface area contributed by atoms with Gasteiger partial charge in [-0.25, -0.2) is 16.8 Å². The summed E-state index contributed by atoms with van der Waals surface area (Å²) >= 11 is 0. The molecule has 0 saturated carbocycles. The Labute approximate surface area is 220 Å². The van der Waals surface area contributed by atoms with E-state index in [1.807, 2.05) is 60.7 Å². The van der Waals surface area contributed by atoms with Gasteiger partial charge in [-0.05, 0) is 53.6 Å². The molecule has 10 nitrogen and oxygen atoms in total. The van der Waals surface area contributed by atoms with E-state index in [9.17, 15) is 16.8 Å². The van der Waals surface area contributed by atoms with E-state index in [-0.39, 0.29) is 0 Å². The second-order valence-electron chi connectivity index (χ2n) is 8.82. The van der Waals surface area contributed by atoms with Gasteiger partial charge < -0.3 is 0 Å². The van der Waals surface area contributed by atoms with E-state index < -0.39 is 20.0 Å². The standard InChI is InChI=1S/C26H24N6O4S2/c1-37(33,34)31-21-10-6-17(7-11-21)23-15-25(29-27-23)19-4-3-5-20(14-19)26-16-24(28-30-26)18-8-12-22(13-9-18)32-38(2,35)36/h3-16,31-32H,1-2H3,(H,27,29)(H,28,30). The van der Waals surface area contributed by atoms with Crippen LogP contribution in [0.15, 0.2) is 84.9 Å². The molecule has 0 saturated heterocycles. The summed E-state index contributed by atoms with van der Waals surface area (Å²) in [5.41, 5.74) is 7.63. The zero-order valence-electron chi connectivity index (χ0n) is 20.4. The predicted molar refractivity (Wildman–Crippen MR) is 149 cm³/mol. The number of rotatable bonds is 8. The number of benzene rings is 3. The number of anilines is 2. The Morgan fingerprint density at radius 2 is 0.947 bits per heavy atom. The van der Waals surface area contributed by atoms with Crippen molar-refractivity contribution in [3.05, 3.63) is 84.9 Å². The highest BCUT2D eigenvalue weighted by Crippen LogP contribution is 2.30. The van der Waals surface area contributed by atoms with Gasteiger partial charge in [0, 0.05) is 22.5 Å². The van der Waals surface area contributed by atoms with E-state index in [1.54, 1.807) is 24.3 Å². The Kier molecular flexibility index (Phi) is 6.51. The fourth-order valence-electron chi connectivity index (χ4n) is 3.94. The van der Waals surface area contributed by atoms with Gasteiger partial charge >= 0.3 is 0 Å². The zero-order chi connectivity index (χ0) is 26.9. The highest BCUT2D eigenvalue weighted by atomic mass is 32.2. The maximum Gasteiger partial charge on any atom is 0.229 e. The monoisotopic (exact) mass is 548 g/mol. The van der Waals surface area contributed by atoms with E-state index in [0.29, 0.717) is 11.4 Å². The van der Waals surface area contributed by atoms with Gasteiger partial charge in [0.1, 0.15) is 0 Å². The van der Waals surface area contributed by atoms with Crippen molar-refractivity contribution >= 4 is 31.4 Å². The second kappa shape index (κ2) is 9.80. The van der Waals surface area contributed by atoms with Crippen LogP contribution in [0.25, 0.3) is 45.0 Å². The first kappa shape index (κ1) is 25.2. The second-order valence-corrected chi connectivity index (χ2v) is 12.3. The van der Waals surface area contributed by atoms with Crippen LogP contribution in [-0.4, -0.2) is 49.7 Å². The molecule has 0 aliphatic carbocycles. The number of sulfonamides is 2. The fourth-order valence-corrected chi connectivity index (χ4v) is 5.07. The molecule has 0 bridgehead atoms. The van der Waals surface area contributed by atoms with Crippen molar-refractivity contribution in [3.63, 3.8) is 0 Å². The van der Waals surface area contributed by atoms with Crippen LogP contribution in [0.5, 0.6) is 0 Å². The van der Waals surface area contributed by atoms with E-state index in [4.69, 9.17) is 0 Å². The normalized spacial score (nSPS) is 11.8. The summed E-state index contributed by atoms with van der Waals surface area (Å²) in [6.07, 6.45) is 2.22. The van der Waals surface area contributed by atoms with Crippen molar-refractivity contribution < 1.29 is 16.8 Å². The molecule has 3 aromatic carbocycles. The number of nitrogens with zero attached hydrogens (tertiary/aromatic N) is 2. The first-order valence-electron chi connectivity index (χ1n) is 11.4. The van der Waals surface area contributed by atoms with Gasteiger partial charge in [0.2, 0.25) is 20.0 Å². The number of nitrogens with one attached hydrogen (secondary N) is 4. The summed E-state index contributed by atoms with van der Waals surface area (Å²) in [5.74, 6) is 0. The third-order valence-corrected chi connectivity index (χ3v) is 6.82.